The molecular weight excluding hydrogens is 658 g/mol. The van der Waals surface area contributed by atoms with E-state index < -0.39 is 28.5 Å². The van der Waals surface area contributed by atoms with Crippen LogP contribution in [0.25, 0.3) is 0 Å². The number of amides is 2. The summed E-state index contributed by atoms with van der Waals surface area (Å²) in [5, 5.41) is 3.13. The Morgan fingerprint density at radius 3 is 2.13 bits per heavy atom. The van der Waals surface area contributed by atoms with Gasteiger partial charge in [0.05, 0.1) is 24.8 Å². The number of ether oxygens (including phenoxy) is 2. The van der Waals surface area contributed by atoms with E-state index in [-0.39, 0.29) is 29.1 Å². The number of hydrogen-bond acceptors (Lipinski definition) is 6. The maximum Gasteiger partial charge on any atom is 0.264 e. The molecule has 1 aliphatic rings. The van der Waals surface area contributed by atoms with E-state index >= 15 is 0 Å². The lowest BCUT2D eigenvalue weighted by molar-refractivity contribution is -0.139. The molecule has 1 saturated carbocycles. The summed E-state index contributed by atoms with van der Waals surface area (Å²) in [7, 11) is -1.38. The highest BCUT2D eigenvalue weighted by atomic mass is 79.9. The first-order chi connectivity index (χ1) is 21.4. The van der Waals surface area contributed by atoms with Gasteiger partial charge in [0.15, 0.2) is 11.5 Å². The molecule has 11 heteroatoms. The van der Waals surface area contributed by atoms with Gasteiger partial charge in [0.25, 0.3) is 10.0 Å². The smallest absolute Gasteiger partial charge is 0.264 e. The van der Waals surface area contributed by atoms with Gasteiger partial charge < -0.3 is 19.7 Å². The zero-order valence-corrected chi connectivity index (χ0v) is 28.9. The van der Waals surface area contributed by atoms with Gasteiger partial charge >= 0.3 is 0 Å². The minimum absolute atomic E-state index is 0.0605. The topological polar surface area (TPSA) is 105 Å². The third-order valence-electron chi connectivity index (χ3n) is 8.10. The normalized spacial score (nSPS) is 14.4. The van der Waals surface area contributed by atoms with Gasteiger partial charge in [0.1, 0.15) is 12.6 Å². The first kappa shape index (κ1) is 34.3. The number of nitrogens with one attached hydrogen (secondary N) is 1. The molecule has 0 spiro atoms. The molecule has 0 aromatic heterocycles. The van der Waals surface area contributed by atoms with Gasteiger partial charge in [-0.3, -0.25) is 13.9 Å². The molecule has 2 amide bonds. The Bertz CT molecular complexity index is 1590. The van der Waals surface area contributed by atoms with Gasteiger partial charge in [-0.25, -0.2) is 8.42 Å². The number of halogens is 1. The number of anilines is 1. The van der Waals surface area contributed by atoms with E-state index in [4.69, 9.17) is 9.47 Å². The summed E-state index contributed by atoms with van der Waals surface area (Å²) < 4.78 is 41.3. The highest BCUT2D eigenvalue weighted by molar-refractivity contribution is 9.10. The third-order valence-corrected chi connectivity index (χ3v) is 10.4. The summed E-state index contributed by atoms with van der Waals surface area (Å²) >= 11 is 3.45. The zero-order valence-electron chi connectivity index (χ0n) is 26.5. The van der Waals surface area contributed by atoms with Crippen LogP contribution in [0.15, 0.2) is 70.0 Å². The van der Waals surface area contributed by atoms with Crippen LogP contribution < -0.4 is 19.1 Å². The molecule has 1 fully saturated rings. The minimum atomic E-state index is -4.28. The van der Waals surface area contributed by atoms with E-state index in [1.54, 1.807) is 19.1 Å². The third kappa shape index (κ3) is 8.58. The molecule has 3 aromatic rings. The molecule has 0 unspecified atom stereocenters. The Kier molecular flexibility index (Phi) is 11.5. The molecular formula is C34H42BrN3O6S. The number of hydrogen-bond donors (Lipinski definition) is 1. The number of rotatable bonds is 12. The van der Waals surface area contributed by atoms with Gasteiger partial charge in [-0.15, -0.1) is 0 Å². The molecule has 4 rings (SSSR count). The lowest BCUT2D eigenvalue weighted by Gasteiger charge is -2.33. The fourth-order valence-corrected chi connectivity index (χ4v) is 7.34. The monoisotopic (exact) mass is 699 g/mol. The minimum Gasteiger partial charge on any atom is -0.493 e. The van der Waals surface area contributed by atoms with Crippen molar-refractivity contribution < 1.29 is 27.5 Å². The van der Waals surface area contributed by atoms with Crippen molar-refractivity contribution in [3.63, 3.8) is 0 Å². The second kappa shape index (κ2) is 15.1. The maximum absolute atomic E-state index is 14.3. The number of sulfonamides is 1. The molecule has 0 bridgehead atoms. The van der Waals surface area contributed by atoms with Gasteiger partial charge in [-0.1, -0.05) is 53.4 Å². The van der Waals surface area contributed by atoms with E-state index in [1.807, 2.05) is 44.2 Å². The predicted octanol–water partition coefficient (Wildman–Crippen LogP) is 6.14. The van der Waals surface area contributed by atoms with E-state index in [0.29, 0.717) is 11.4 Å². The van der Waals surface area contributed by atoms with Crippen molar-refractivity contribution in [1.82, 2.24) is 10.2 Å². The van der Waals surface area contributed by atoms with E-state index in [0.717, 1.165) is 57.6 Å². The fourth-order valence-electron chi connectivity index (χ4n) is 5.67. The highest BCUT2D eigenvalue weighted by Gasteiger charge is 2.34. The molecule has 0 radical (unpaired) electrons. The molecule has 45 heavy (non-hydrogen) atoms. The quantitative estimate of drug-likeness (QED) is 0.243. The van der Waals surface area contributed by atoms with Crippen molar-refractivity contribution in [3.05, 3.63) is 81.8 Å². The van der Waals surface area contributed by atoms with Gasteiger partial charge in [0.2, 0.25) is 11.8 Å². The van der Waals surface area contributed by atoms with Gasteiger partial charge in [0, 0.05) is 23.1 Å². The standard InChI is InChI=1S/C34H42BrN3O6S/c1-23-17-24(2)19-29(18-23)38(45(41,42)30-15-16-31(43-4)32(20-30)44-5)22-33(39)37(21-26-11-13-27(35)14-12-26)25(3)34(40)36-28-9-7-6-8-10-28/h11-20,25,28H,6-10,21-22H2,1-5H3,(H,36,40)/t25-/m0/s1. The van der Waals surface area contributed by atoms with Crippen LogP contribution >= 0.6 is 15.9 Å². The van der Waals surface area contributed by atoms with Crippen LogP contribution in [0.5, 0.6) is 11.5 Å². The number of aryl methyl sites for hydroxylation is 2. The fraction of sp³-hybridized carbons (Fsp3) is 0.412. The molecule has 1 aliphatic carbocycles. The molecule has 1 atom stereocenters. The average Bonchev–Trinajstić information content (AvgIpc) is 3.02. The molecule has 0 aliphatic heterocycles. The number of nitrogens with zero attached hydrogens (tertiary/aromatic N) is 2. The van der Waals surface area contributed by atoms with Crippen LogP contribution in [0.3, 0.4) is 0 Å². The van der Waals surface area contributed by atoms with Crippen LogP contribution in [0.2, 0.25) is 0 Å². The number of carbonyl (C=O) groups is 2. The predicted molar refractivity (Wildman–Crippen MR) is 179 cm³/mol. The molecule has 242 valence electrons. The number of carbonyl (C=O) groups excluding carboxylic acids is 2. The Morgan fingerprint density at radius 2 is 1.53 bits per heavy atom. The molecule has 0 heterocycles. The average molecular weight is 701 g/mol. The summed E-state index contributed by atoms with van der Waals surface area (Å²) in [4.78, 5) is 29.2. The summed E-state index contributed by atoms with van der Waals surface area (Å²) in [6.07, 6.45) is 5.07. The molecule has 3 aromatic carbocycles. The van der Waals surface area contributed by atoms with Crippen molar-refractivity contribution in [2.75, 3.05) is 25.1 Å². The Morgan fingerprint density at radius 1 is 0.911 bits per heavy atom. The van der Waals surface area contributed by atoms with E-state index in [1.165, 1.54) is 37.3 Å². The zero-order chi connectivity index (χ0) is 32.7. The molecule has 1 N–H and O–H groups in total. The van der Waals surface area contributed by atoms with Crippen molar-refractivity contribution in [2.24, 2.45) is 0 Å². The maximum atomic E-state index is 14.3. The van der Waals surface area contributed by atoms with Crippen molar-refractivity contribution in [1.29, 1.82) is 0 Å². The molecule has 0 saturated heterocycles. The van der Waals surface area contributed by atoms with Gasteiger partial charge in [-0.2, -0.15) is 0 Å². The Labute approximate surface area is 275 Å². The molecule has 9 nitrogen and oxygen atoms in total. The van der Waals surface area contributed by atoms with Crippen LogP contribution in [-0.4, -0.2) is 58.0 Å². The summed E-state index contributed by atoms with van der Waals surface area (Å²) in [6.45, 7) is 5.05. The van der Waals surface area contributed by atoms with Crippen LogP contribution in [0.4, 0.5) is 5.69 Å². The SMILES string of the molecule is COc1ccc(S(=O)(=O)N(CC(=O)N(Cc2ccc(Br)cc2)[C@@H](C)C(=O)NC2CCCCC2)c2cc(C)cc(C)c2)cc1OC. The summed E-state index contributed by atoms with van der Waals surface area (Å²) in [5.74, 6) is -0.139. The largest absolute Gasteiger partial charge is 0.493 e. The van der Waals surface area contributed by atoms with E-state index in [2.05, 4.69) is 21.2 Å². The van der Waals surface area contributed by atoms with Gasteiger partial charge in [-0.05, 0) is 86.7 Å². The van der Waals surface area contributed by atoms with Crippen LogP contribution in [-0.2, 0) is 26.2 Å². The lowest BCUT2D eigenvalue weighted by atomic mass is 9.95. The highest BCUT2D eigenvalue weighted by Crippen LogP contribution is 2.33. The van der Waals surface area contributed by atoms with Crippen molar-refractivity contribution in [2.45, 2.75) is 76.4 Å². The van der Waals surface area contributed by atoms with Crippen molar-refractivity contribution in [3.8, 4) is 11.5 Å². The van der Waals surface area contributed by atoms with Crippen LogP contribution in [0, 0.1) is 13.8 Å². The first-order valence-electron chi connectivity index (χ1n) is 15.1. The summed E-state index contributed by atoms with van der Waals surface area (Å²) in [5.41, 5.74) is 2.84. The first-order valence-corrected chi connectivity index (χ1v) is 17.3. The van der Waals surface area contributed by atoms with Crippen LogP contribution in [0.1, 0.15) is 55.7 Å². The Balaban J connectivity index is 1.73. The number of methoxy groups -OCH3 is 2. The van der Waals surface area contributed by atoms with E-state index in [9.17, 15) is 18.0 Å². The Hall–Kier alpha value is -3.57. The number of benzene rings is 3. The lowest BCUT2D eigenvalue weighted by Crippen LogP contribution is -2.53. The van der Waals surface area contributed by atoms with Crippen molar-refractivity contribution >= 4 is 43.5 Å². The summed E-state index contributed by atoms with van der Waals surface area (Å²) in [6, 6.07) is 16.4. The second-order valence-electron chi connectivity index (χ2n) is 11.5. The second-order valence-corrected chi connectivity index (χ2v) is 14.3.